The highest BCUT2D eigenvalue weighted by molar-refractivity contribution is 5.99. The molecule has 2 aromatic heterocycles. The topological polar surface area (TPSA) is 22.6 Å². The summed E-state index contributed by atoms with van der Waals surface area (Å²) >= 11 is 0. The van der Waals surface area contributed by atoms with Gasteiger partial charge in [0.05, 0.1) is 25.0 Å². The van der Waals surface area contributed by atoms with Gasteiger partial charge in [0.15, 0.2) is 6.20 Å². The van der Waals surface area contributed by atoms with E-state index in [1.54, 1.807) is 14.2 Å². The average Bonchev–Trinajstić information content (AvgIpc) is 2.60. The summed E-state index contributed by atoms with van der Waals surface area (Å²) in [6.07, 6.45) is 2.08. The summed E-state index contributed by atoms with van der Waals surface area (Å²) in [7, 11) is 3.45. The highest BCUT2D eigenvalue weighted by Crippen LogP contribution is 2.31. The third kappa shape index (κ3) is 2.30. The maximum atomic E-state index is 5.80. The first-order valence-electron chi connectivity index (χ1n) is 8.44. The van der Waals surface area contributed by atoms with Crippen LogP contribution in [0.2, 0.25) is 0 Å². The zero-order valence-corrected chi connectivity index (χ0v) is 15.3. The van der Waals surface area contributed by atoms with E-state index in [2.05, 4.69) is 67.8 Å². The number of aromatic nitrogens is 1. The van der Waals surface area contributed by atoms with Crippen molar-refractivity contribution in [1.82, 2.24) is 0 Å². The summed E-state index contributed by atoms with van der Waals surface area (Å²) in [5, 5.41) is 4.67. The Morgan fingerprint density at radius 3 is 2.16 bits per heavy atom. The Labute approximate surface area is 147 Å². The van der Waals surface area contributed by atoms with E-state index in [0.29, 0.717) is 0 Å². The fraction of sp³-hybridized carbons (Fsp3) is 0.227. The molecule has 3 heteroatoms. The lowest BCUT2D eigenvalue weighted by molar-refractivity contribution is -0.518. The van der Waals surface area contributed by atoms with Crippen molar-refractivity contribution < 1.29 is 13.9 Å². The van der Waals surface area contributed by atoms with Gasteiger partial charge in [0, 0.05) is 12.1 Å². The van der Waals surface area contributed by atoms with Crippen molar-refractivity contribution in [2.24, 2.45) is 0 Å². The van der Waals surface area contributed by atoms with Gasteiger partial charge >= 0.3 is 5.88 Å². The molecule has 0 aliphatic heterocycles. The summed E-state index contributed by atoms with van der Waals surface area (Å²) in [5.41, 5.74) is 4.80. The molecule has 0 amide bonds. The van der Waals surface area contributed by atoms with Crippen molar-refractivity contribution in [2.75, 3.05) is 14.2 Å². The van der Waals surface area contributed by atoms with Crippen LogP contribution in [0.3, 0.4) is 0 Å². The molecule has 25 heavy (non-hydrogen) atoms. The minimum absolute atomic E-state index is 0.858. The van der Waals surface area contributed by atoms with E-state index in [-0.39, 0.29) is 0 Å². The number of nitrogens with zero attached hydrogens (tertiary/aromatic N) is 1. The van der Waals surface area contributed by atoms with Gasteiger partial charge < -0.3 is 9.47 Å². The minimum Gasteiger partial charge on any atom is -0.496 e. The number of methoxy groups -OCH3 is 2. The molecule has 2 aromatic carbocycles. The van der Waals surface area contributed by atoms with E-state index in [1.165, 1.54) is 21.9 Å². The van der Waals surface area contributed by atoms with Gasteiger partial charge in [-0.05, 0) is 66.4 Å². The Balaban J connectivity index is 2.22. The van der Waals surface area contributed by atoms with E-state index in [4.69, 9.17) is 9.47 Å². The second kappa shape index (κ2) is 5.62. The number of benzene rings is 2. The van der Waals surface area contributed by atoms with Gasteiger partial charge in [0.1, 0.15) is 5.75 Å². The number of ether oxygens (including phenoxy) is 2. The first kappa shape index (κ1) is 15.7. The van der Waals surface area contributed by atoms with Gasteiger partial charge in [-0.15, -0.1) is 4.40 Å². The van der Waals surface area contributed by atoms with Crippen LogP contribution in [0.5, 0.6) is 11.6 Å². The van der Waals surface area contributed by atoms with Gasteiger partial charge in [-0.2, -0.15) is 0 Å². The summed E-state index contributed by atoms with van der Waals surface area (Å²) in [4.78, 5) is 0. The van der Waals surface area contributed by atoms with E-state index >= 15 is 0 Å². The maximum absolute atomic E-state index is 5.80. The normalized spacial score (nSPS) is 11.4. The van der Waals surface area contributed by atoms with Gasteiger partial charge in [-0.1, -0.05) is 6.07 Å². The van der Waals surface area contributed by atoms with Crippen LogP contribution in [0.1, 0.15) is 16.7 Å². The van der Waals surface area contributed by atoms with Gasteiger partial charge in [0.2, 0.25) is 5.52 Å². The standard InChI is InChI=1S/C22H22NO2/c1-13-8-17-11-20-18-12-21(24-4)15(3)9-16(18)6-7-23(20)22(25-5)19(17)10-14(13)2/h6-12H,1-5H3/q+1. The molecule has 4 aromatic rings. The Hall–Kier alpha value is -2.81. The van der Waals surface area contributed by atoms with Crippen LogP contribution in [0.4, 0.5) is 0 Å². The zero-order valence-electron chi connectivity index (χ0n) is 15.3. The smallest absolute Gasteiger partial charge is 0.381 e. The lowest BCUT2D eigenvalue weighted by Gasteiger charge is -2.10. The highest BCUT2D eigenvalue weighted by Gasteiger charge is 2.20. The Kier molecular flexibility index (Phi) is 3.53. The molecule has 0 saturated carbocycles. The van der Waals surface area contributed by atoms with Gasteiger partial charge in [-0.3, -0.25) is 0 Å². The molecule has 0 aliphatic carbocycles. The van der Waals surface area contributed by atoms with Crippen LogP contribution in [0.25, 0.3) is 27.1 Å². The van der Waals surface area contributed by atoms with Crippen molar-refractivity contribution >= 4 is 27.1 Å². The third-order valence-corrected chi connectivity index (χ3v) is 5.11. The fourth-order valence-electron chi connectivity index (χ4n) is 3.61. The maximum Gasteiger partial charge on any atom is 0.381 e. The van der Waals surface area contributed by atoms with Crippen LogP contribution in [-0.2, 0) is 0 Å². The Bertz CT molecular complexity index is 1150. The van der Waals surface area contributed by atoms with Crippen LogP contribution >= 0.6 is 0 Å². The van der Waals surface area contributed by atoms with E-state index in [1.807, 2.05) is 0 Å². The van der Waals surface area contributed by atoms with Crippen molar-refractivity contribution in [2.45, 2.75) is 20.8 Å². The van der Waals surface area contributed by atoms with Crippen molar-refractivity contribution in [3.05, 3.63) is 59.3 Å². The van der Waals surface area contributed by atoms with Gasteiger partial charge in [-0.25, -0.2) is 0 Å². The van der Waals surface area contributed by atoms with Gasteiger partial charge in [0.25, 0.3) is 0 Å². The predicted molar refractivity (Wildman–Crippen MR) is 102 cm³/mol. The minimum atomic E-state index is 0.858. The SMILES string of the molecule is COc1cc2c(cc[n+]3c(OC)c4cc(C)c(C)cc4cc23)cc1C. The molecule has 0 aliphatic rings. The van der Waals surface area contributed by atoms with Crippen LogP contribution in [0, 0.1) is 20.8 Å². The summed E-state index contributed by atoms with van der Waals surface area (Å²) in [6.45, 7) is 6.36. The molecule has 2 heterocycles. The molecule has 0 fully saturated rings. The second-order valence-electron chi connectivity index (χ2n) is 6.66. The lowest BCUT2D eigenvalue weighted by Crippen LogP contribution is -2.24. The molecular weight excluding hydrogens is 310 g/mol. The quantitative estimate of drug-likeness (QED) is 0.302. The highest BCUT2D eigenvalue weighted by atomic mass is 16.5. The number of rotatable bonds is 2. The second-order valence-corrected chi connectivity index (χ2v) is 6.66. The van der Waals surface area contributed by atoms with Crippen molar-refractivity contribution in [3.8, 4) is 11.6 Å². The molecule has 0 N–H and O–H groups in total. The number of aryl methyl sites for hydroxylation is 3. The summed E-state index contributed by atoms with van der Waals surface area (Å²) < 4.78 is 13.5. The van der Waals surface area contributed by atoms with Crippen LogP contribution in [-0.4, -0.2) is 14.2 Å². The first-order valence-corrected chi connectivity index (χ1v) is 8.44. The number of hydrogen-bond acceptors (Lipinski definition) is 2. The molecule has 0 spiro atoms. The summed E-state index contributed by atoms with van der Waals surface area (Å²) in [6, 6.07) is 13.1. The zero-order chi connectivity index (χ0) is 17.7. The first-order chi connectivity index (χ1) is 12.0. The van der Waals surface area contributed by atoms with E-state index in [9.17, 15) is 0 Å². The third-order valence-electron chi connectivity index (χ3n) is 5.11. The van der Waals surface area contributed by atoms with E-state index in [0.717, 1.165) is 33.5 Å². The molecule has 0 atom stereocenters. The van der Waals surface area contributed by atoms with Crippen LogP contribution in [0.15, 0.2) is 42.6 Å². The largest absolute Gasteiger partial charge is 0.496 e. The number of fused-ring (bicyclic) bond motifs is 4. The molecule has 0 bridgehead atoms. The predicted octanol–water partition coefficient (Wildman–Crippen LogP) is 4.67. The van der Waals surface area contributed by atoms with E-state index < -0.39 is 0 Å². The number of pyridine rings is 2. The molecule has 4 rings (SSSR count). The monoisotopic (exact) mass is 332 g/mol. The Morgan fingerprint density at radius 1 is 0.720 bits per heavy atom. The lowest BCUT2D eigenvalue weighted by atomic mass is 10.0. The molecular formula is C22H22NO2+. The van der Waals surface area contributed by atoms with Crippen molar-refractivity contribution in [3.63, 3.8) is 0 Å². The molecule has 126 valence electrons. The van der Waals surface area contributed by atoms with Crippen LogP contribution < -0.4 is 13.9 Å². The molecule has 0 radical (unpaired) electrons. The van der Waals surface area contributed by atoms with Crippen molar-refractivity contribution in [1.29, 1.82) is 0 Å². The summed E-state index contributed by atoms with van der Waals surface area (Å²) in [5.74, 6) is 1.76. The number of hydrogen-bond donors (Lipinski definition) is 0. The molecule has 0 saturated heterocycles. The molecule has 3 nitrogen and oxygen atoms in total. The Morgan fingerprint density at radius 2 is 1.44 bits per heavy atom. The molecule has 0 unspecified atom stereocenters. The average molecular weight is 332 g/mol. The fourth-order valence-corrected chi connectivity index (χ4v) is 3.61.